The van der Waals surface area contributed by atoms with E-state index in [1.165, 1.54) is 0 Å². The zero-order chi connectivity index (χ0) is 16.2. The molecule has 0 bridgehead atoms. The molecule has 8 nitrogen and oxygen atoms in total. The summed E-state index contributed by atoms with van der Waals surface area (Å²) in [5, 5.41) is 10.9. The first-order valence-corrected chi connectivity index (χ1v) is 7.66. The van der Waals surface area contributed by atoms with Gasteiger partial charge in [-0.05, 0) is 26.0 Å². The summed E-state index contributed by atoms with van der Waals surface area (Å²) in [7, 11) is 0. The summed E-state index contributed by atoms with van der Waals surface area (Å²) in [5.41, 5.74) is 0.860. The number of morpholine rings is 1. The van der Waals surface area contributed by atoms with Crippen molar-refractivity contribution in [3.63, 3.8) is 0 Å². The second kappa shape index (κ2) is 6.74. The fraction of sp³-hybridized carbons (Fsp3) is 0.467. The number of amides is 2. The second-order valence-corrected chi connectivity index (χ2v) is 5.37. The third-order valence-corrected chi connectivity index (χ3v) is 3.75. The van der Waals surface area contributed by atoms with Crippen LogP contribution in [0, 0.1) is 6.92 Å². The summed E-state index contributed by atoms with van der Waals surface area (Å²) in [6.07, 6.45) is 1.41. The number of pyridine rings is 1. The number of carbonyl (C=O) groups is 1. The van der Waals surface area contributed by atoms with E-state index in [1.807, 2.05) is 30.5 Å². The van der Waals surface area contributed by atoms with Crippen molar-refractivity contribution in [1.29, 1.82) is 0 Å². The maximum Gasteiger partial charge on any atom is 0.323 e. The lowest BCUT2D eigenvalue weighted by Gasteiger charge is -2.32. The fourth-order valence-corrected chi connectivity index (χ4v) is 2.55. The Hall–Kier alpha value is -2.48. The second-order valence-electron chi connectivity index (χ2n) is 5.37. The fourth-order valence-electron chi connectivity index (χ4n) is 2.55. The SMILES string of the molecule is CCn1cnnc1[C@H]1CN(C(=O)Nc2cccc(C)n2)CCO1. The normalized spacial score (nSPS) is 18.0. The minimum Gasteiger partial charge on any atom is -0.366 e. The van der Waals surface area contributed by atoms with Gasteiger partial charge in [0.25, 0.3) is 0 Å². The number of carbonyl (C=O) groups excluding carboxylic acids is 1. The van der Waals surface area contributed by atoms with Gasteiger partial charge in [-0.15, -0.1) is 10.2 Å². The van der Waals surface area contributed by atoms with E-state index in [0.717, 1.165) is 18.1 Å². The molecule has 3 rings (SSSR count). The first-order chi connectivity index (χ1) is 11.2. The highest BCUT2D eigenvalue weighted by atomic mass is 16.5. The summed E-state index contributed by atoms with van der Waals surface area (Å²) in [6, 6.07) is 5.34. The van der Waals surface area contributed by atoms with Gasteiger partial charge in [-0.1, -0.05) is 6.07 Å². The molecular weight excluding hydrogens is 296 g/mol. The number of anilines is 1. The van der Waals surface area contributed by atoms with E-state index in [1.54, 1.807) is 17.3 Å². The molecule has 23 heavy (non-hydrogen) atoms. The van der Waals surface area contributed by atoms with Gasteiger partial charge >= 0.3 is 6.03 Å². The Balaban J connectivity index is 1.67. The van der Waals surface area contributed by atoms with Crippen LogP contribution in [-0.4, -0.2) is 50.4 Å². The standard InChI is InChI=1S/C15H20N6O2/c1-3-20-10-16-19-14(20)12-9-21(7-8-23-12)15(22)18-13-6-4-5-11(2)17-13/h4-6,10,12H,3,7-9H2,1-2H3,(H,17,18,22)/t12-/m1/s1. The summed E-state index contributed by atoms with van der Waals surface area (Å²) in [6.45, 7) is 6.11. The number of aryl methyl sites for hydroxylation is 2. The number of hydrogen-bond acceptors (Lipinski definition) is 5. The molecule has 1 saturated heterocycles. The number of ether oxygens (including phenoxy) is 1. The predicted molar refractivity (Wildman–Crippen MR) is 84.0 cm³/mol. The van der Waals surface area contributed by atoms with Gasteiger partial charge in [0, 0.05) is 18.8 Å². The molecule has 0 saturated carbocycles. The zero-order valence-electron chi connectivity index (χ0n) is 13.3. The van der Waals surface area contributed by atoms with Crippen molar-refractivity contribution in [3.05, 3.63) is 36.0 Å². The topological polar surface area (TPSA) is 85.2 Å². The monoisotopic (exact) mass is 316 g/mol. The summed E-state index contributed by atoms with van der Waals surface area (Å²) in [5.74, 6) is 1.30. The Bertz CT molecular complexity index is 686. The Morgan fingerprint density at radius 3 is 3.13 bits per heavy atom. The van der Waals surface area contributed by atoms with Crippen molar-refractivity contribution in [2.75, 3.05) is 25.0 Å². The maximum atomic E-state index is 12.4. The minimum atomic E-state index is -0.262. The van der Waals surface area contributed by atoms with Gasteiger partial charge in [0.05, 0.1) is 13.2 Å². The smallest absolute Gasteiger partial charge is 0.323 e. The molecule has 2 amide bonds. The molecule has 8 heteroatoms. The molecule has 1 N–H and O–H groups in total. The van der Waals surface area contributed by atoms with E-state index in [4.69, 9.17) is 4.74 Å². The van der Waals surface area contributed by atoms with E-state index >= 15 is 0 Å². The number of nitrogens with one attached hydrogen (secondary N) is 1. The predicted octanol–water partition coefficient (Wildman–Crippen LogP) is 1.61. The average Bonchev–Trinajstić information content (AvgIpc) is 3.03. The molecule has 0 aromatic carbocycles. The number of nitrogens with zero attached hydrogens (tertiary/aromatic N) is 5. The molecule has 0 aliphatic carbocycles. The van der Waals surface area contributed by atoms with Crippen LogP contribution in [0.1, 0.15) is 24.5 Å². The molecular formula is C15H20N6O2. The van der Waals surface area contributed by atoms with Crippen molar-refractivity contribution in [1.82, 2.24) is 24.6 Å². The Morgan fingerprint density at radius 2 is 2.35 bits per heavy atom. The van der Waals surface area contributed by atoms with Crippen molar-refractivity contribution in [2.45, 2.75) is 26.5 Å². The van der Waals surface area contributed by atoms with Crippen LogP contribution in [0.2, 0.25) is 0 Å². The minimum absolute atomic E-state index is 0.182. The van der Waals surface area contributed by atoms with Crippen LogP contribution in [-0.2, 0) is 11.3 Å². The number of aromatic nitrogens is 4. The summed E-state index contributed by atoms with van der Waals surface area (Å²) < 4.78 is 7.68. The van der Waals surface area contributed by atoms with Gasteiger partial charge in [0.2, 0.25) is 0 Å². The van der Waals surface area contributed by atoms with Crippen LogP contribution in [0.5, 0.6) is 0 Å². The molecule has 0 radical (unpaired) electrons. The quantitative estimate of drug-likeness (QED) is 0.930. The molecule has 1 aliphatic rings. The summed E-state index contributed by atoms with van der Waals surface area (Å²) >= 11 is 0. The highest BCUT2D eigenvalue weighted by molar-refractivity contribution is 5.88. The highest BCUT2D eigenvalue weighted by Gasteiger charge is 2.28. The van der Waals surface area contributed by atoms with Crippen molar-refractivity contribution in [3.8, 4) is 0 Å². The molecule has 122 valence electrons. The lowest BCUT2D eigenvalue weighted by molar-refractivity contribution is -0.0199. The van der Waals surface area contributed by atoms with Crippen LogP contribution in [0.3, 0.4) is 0 Å². The van der Waals surface area contributed by atoms with Crippen LogP contribution < -0.4 is 5.32 Å². The molecule has 1 aliphatic heterocycles. The van der Waals surface area contributed by atoms with Crippen molar-refractivity contribution >= 4 is 11.8 Å². The van der Waals surface area contributed by atoms with E-state index in [0.29, 0.717) is 25.5 Å². The van der Waals surface area contributed by atoms with Crippen LogP contribution in [0.25, 0.3) is 0 Å². The van der Waals surface area contributed by atoms with Gasteiger partial charge in [0.1, 0.15) is 18.2 Å². The summed E-state index contributed by atoms with van der Waals surface area (Å²) in [4.78, 5) is 18.4. The third kappa shape index (κ3) is 3.48. The molecule has 2 aromatic heterocycles. The van der Waals surface area contributed by atoms with Gasteiger partial charge in [-0.2, -0.15) is 0 Å². The van der Waals surface area contributed by atoms with E-state index in [2.05, 4.69) is 20.5 Å². The van der Waals surface area contributed by atoms with E-state index in [-0.39, 0.29) is 12.1 Å². The van der Waals surface area contributed by atoms with E-state index < -0.39 is 0 Å². The largest absolute Gasteiger partial charge is 0.366 e. The first-order valence-electron chi connectivity index (χ1n) is 7.66. The lowest BCUT2D eigenvalue weighted by atomic mass is 10.2. The Labute approximate surface area is 134 Å². The number of urea groups is 1. The van der Waals surface area contributed by atoms with Crippen LogP contribution >= 0.6 is 0 Å². The number of rotatable bonds is 3. The molecule has 0 spiro atoms. The van der Waals surface area contributed by atoms with Gasteiger partial charge in [-0.3, -0.25) is 5.32 Å². The first kappa shape index (κ1) is 15.4. The number of hydrogen-bond donors (Lipinski definition) is 1. The average molecular weight is 316 g/mol. The van der Waals surface area contributed by atoms with Crippen molar-refractivity contribution in [2.24, 2.45) is 0 Å². The van der Waals surface area contributed by atoms with Crippen LogP contribution in [0.4, 0.5) is 10.6 Å². The molecule has 1 atom stereocenters. The zero-order valence-corrected chi connectivity index (χ0v) is 13.3. The molecule has 1 fully saturated rings. The van der Waals surface area contributed by atoms with Gasteiger partial charge < -0.3 is 14.2 Å². The van der Waals surface area contributed by atoms with Crippen molar-refractivity contribution < 1.29 is 9.53 Å². The Kier molecular flexibility index (Phi) is 4.52. The molecule has 2 aromatic rings. The highest BCUT2D eigenvalue weighted by Crippen LogP contribution is 2.21. The van der Waals surface area contributed by atoms with Crippen LogP contribution in [0.15, 0.2) is 24.5 Å². The molecule has 3 heterocycles. The van der Waals surface area contributed by atoms with Gasteiger partial charge in [-0.25, -0.2) is 9.78 Å². The third-order valence-electron chi connectivity index (χ3n) is 3.75. The Morgan fingerprint density at radius 1 is 1.48 bits per heavy atom. The molecule has 0 unspecified atom stereocenters. The van der Waals surface area contributed by atoms with Gasteiger partial charge in [0.15, 0.2) is 5.82 Å². The lowest BCUT2D eigenvalue weighted by Crippen LogP contribution is -2.45. The maximum absolute atomic E-state index is 12.4. The van der Waals surface area contributed by atoms with E-state index in [9.17, 15) is 4.79 Å².